The van der Waals surface area contributed by atoms with E-state index in [0.717, 1.165) is 38.5 Å². The van der Waals surface area contributed by atoms with Crippen LogP contribution in [0.4, 0.5) is 0 Å². The Hall–Kier alpha value is -1.30. The molecule has 0 saturated carbocycles. The number of rotatable bonds is 15. The van der Waals surface area contributed by atoms with Gasteiger partial charge in [0.15, 0.2) is 6.23 Å². The highest BCUT2D eigenvalue weighted by atomic mass is 28.4. The maximum Gasteiger partial charge on any atom is 0.330 e. The van der Waals surface area contributed by atoms with Gasteiger partial charge in [0, 0.05) is 25.5 Å². The van der Waals surface area contributed by atoms with E-state index in [1.54, 1.807) is 0 Å². The van der Waals surface area contributed by atoms with Gasteiger partial charge in [0.1, 0.15) is 24.9 Å². The average molecular weight is 515 g/mol. The molecule has 2 rings (SSSR count). The molecule has 1 fully saturated rings. The number of unbranched alkanes of at least 4 members (excludes halogenated alkanes) is 4. The van der Waals surface area contributed by atoms with Crippen molar-refractivity contribution >= 4 is 8.32 Å². The molecule has 0 amide bonds. The van der Waals surface area contributed by atoms with E-state index in [4.69, 9.17) is 23.7 Å². The highest BCUT2D eigenvalue weighted by Crippen LogP contribution is 2.38. The highest BCUT2D eigenvalue weighted by Gasteiger charge is 2.48. The normalized spacial score (nSPS) is 23.2. The van der Waals surface area contributed by atoms with E-state index in [2.05, 4.69) is 52.7 Å². The van der Waals surface area contributed by atoms with Crippen LogP contribution < -0.4 is 11.2 Å². The topological polar surface area (TPSA) is 101 Å². The monoisotopic (exact) mass is 514 g/mol. The fraction of sp³-hybridized carbons (Fsp3) is 0.840. The molecule has 10 heteroatoms. The lowest BCUT2D eigenvalue weighted by molar-refractivity contribution is -0.247. The van der Waals surface area contributed by atoms with Gasteiger partial charge in [0.25, 0.3) is 5.56 Å². The molecular weight excluding hydrogens is 468 g/mol. The number of hydrogen-bond donors (Lipinski definition) is 1. The van der Waals surface area contributed by atoms with Crippen LogP contribution in [0.15, 0.2) is 21.9 Å². The second kappa shape index (κ2) is 13.9. The molecule has 1 saturated heterocycles. The Morgan fingerprint density at radius 3 is 2.14 bits per heavy atom. The molecule has 35 heavy (non-hydrogen) atoms. The predicted octanol–water partition coefficient (Wildman–Crippen LogP) is 4.54. The van der Waals surface area contributed by atoms with E-state index in [-0.39, 0.29) is 11.6 Å². The zero-order chi connectivity index (χ0) is 26.1. The number of nitrogens with one attached hydrogen (secondary N) is 1. The summed E-state index contributed by atoms with van der Waals surface area (Å²) in [5.41, 5.74) is -1.01. The molecule has 0 aliphatic carbocycles. The Morgan fingerprint density at radius 2 is 1.60 bits per heavy atom. The number of ether oxygens (including phenoxy) is 3. The molecule has 9 nitrogen and oxygen atoms in total. The number of hydrogen-bond acceptors (Lipinski definition) is 7. The third-order valence-corrected chi connectivity index (χ3v) is 11.0. The van der Waals surface area contributed by atoms with Crippen LogP contribution in [0.1, 0.15) is 79.4 Å². The first kappa shape index (κ1) is 29.9. The summed E-state index contributed by atoms with van der Waals surface area (Å²) in [6, 6.07) is 1.31. The molecule has 0 spiro atoms. The zero-order valence-electron chi connectivity index (χ0n) is 22.6. The van der Waals surface area contributed by atoms with Crippen molar-refractivity contribution in [2.45, 2.75) is 116 Å². The van der Waals surface area contributed by atoms with Crippen LogP contribution in [0.25, 0.3) is 0 Å². The Kier molecular flexibility index (Phi) is 11.8. The summed E-state index contributed by atoms with van der Waals surface area (Å²) < 4.78 is 26.2. The predicted molar refractivity (Wildman–Crippen MR) is 138 cm³/mol. The Morgan fingerprint density at radius 1 is 1.00 bits per heavy atom. The molecule has 2 heterocycles. The van der Waals surface area contributed by atoms with Gasteiger partial charge in [-0.3, -0.25) is 18.9 Å². The highest BCUT2D eigenvalue weighted by molar-refractivity contribution is 6.73. The van der Waals surface area contributed by atoms with Gasteiger partial charge < -0.3 is 14.2 Å². The van der Waals surface area contributed by atoms with Crippen LogP contribution in [0.3, 0.4) is 0 Å². The molecule has 4 atom stereocenters. The number of nitrogens with zero attached hydrogens (tertiary/aromatic N) is 1. The molecule has 1 aromatic heterocycles. The van der Waals surface area contributed by atoms with Gasteiger partial charge in [-0.1, -0.05) is 60.3 Å². The van der Waals surface area contributed by atoms with Gasteiger partial charge >= 0.3 is 5.69 Å². The van der Waals surface area contributed by atoms with Crippen molar-refractivity contribution in [3.63, 3.8) is 0 Å². The number of aromatic nitrogens is 2. The van der Waals surface area contributed by atoms with Crippen LogP contribution in [0, 0.1) is 0 Å². The van der Waals surface area contributed by atoms with Gasteiger partial charge in [-0.15, -0.1) is 0 Å². The Bertz CT molecular complexity index is 864. The largest absolute Gasteiger partial charge is 0.373 e. The average Bonchev–Trinajstić information content (AvgIpc) is 3.10. The van der Waals surface area contributed by atoms with Gasteiger partial charge in [0.05, 0.1) is 0 Å². The van der Waals surface area contributed by atoms with E-state index in [1.807, 2.05) is 0 Å². The number of H-pyrrole nitrogens is 1. The smallest absolute Gasteiger partial charge is 0.330 e. The summed E-state index contributed by atoms with van der Waals surface area (Å²) in [6.45, 7) is 16.2. The lowest BCUT2D eigenvalue weighted by atomic mass is 10.1. The molecule has 0 aromatic carbocycles. The van der Waals surface area contributed by atoms with Gasteiger partial charge in [-0.25, -0.2) is 9.68 Å². The maximum atomic E-state index is 12.6. The first-order chi connectivity index (χ1) is 16.5. The maximum absolute atomic E-state index is 12.6. The molecule has 1 N–H and O–H groups in total. The molecule has 0 radical (unpaired) electrons. The third kappa shape index (κ3) is 8.65. The van der Waals surface area contributed by atoms with Crippen LogP contribution in [-0.4, -0.2) is 56.0 Å². The minimum Gasteiger partial charge on any atom is -0.373 e. The van der Waals surface area contributed by atoms with Crippen molar-refractivity contribution in [3.8, 4) is 0 Å². The fourth-order valence-corrected chi connectivity index (χ4v) is 4.20. The second-order valence-electron chi connectivity index (χ2n) is 10.8. The van der Waals surface area contributed by atoms with Crippen molar-refractivity contribution < 1.29 is 23.7 Å². The Labute approximate surface area is 210 Å². The summed E-state index contributed by atoms with van der Waals surface area (Å²) in [4.78, 5) is 32.3. The minimum absolute atomic E-state index is 0.00370. The van der Waals surface area contributed by atoms with Gasteiger partial charge in [-0.05, 0) is 31.0 Å². The molecule has 0 bridgehead atoms. The molecule has 202 valence electrons. The van der Waals surface area contributed by atoms with E-state index in [1.165, 1.54) is 16.8 Å². The fourth-order valence-electron chi connectivity index (χ4n) is 3.59. The molecule has 1 aromatic rings. The van der Waals surface area contributed by atoms with Crippen molar-refractivity contribution in [2.24, 2.45) is 0 Å². The van der Waals surface area contributed by atoms with Gasteiger partial charge in [-0.2, -0.15) is 0 Å². The van der Waals surface area contributed by atoms with Gasteiger partial charge in [0.2, 0.25) is 8.32 Å². The lowest BCUT2D eigenvalue weighted by Crippen LogP contribution is -2.43. The first-order valence-electron chi connectivity index (χ1n) is 13.0. The van der Waals surface area contributed by atoms with Crippen molar-refractivity contribution in [2.75, 3.05) is 19.8 Å². The molecule has 1 aliphatic heterocycles. The Balaban J connectivity index is 2.25. The second-order valence-corrected chi connectivity index (χ2v) is 15.5. The van der Waals surface area contributed by atoms with E-state index >= 15 is 0 Å². The quantitative estimate of drug-likeness (QED) is 0.159. The lowest BCUT2D eigenvalue weighted by Gasteiger charge is -2.34. The first-order valence-corrected chi connectivity index (χ1v) is 15.9. The van der Waals surface area contributed by atoms with Crippen LogP contribution in [-0.2, 0) is 23.7 Å². The van der Waals surface area contributed by atoms with E-state index < -0.39 is 44.1 Å². The SMILES string of the molecule is CCCCCOC1C(OCCCCC)[C@@H](n2ccc(=O)[nH]c2=O)O[C@H]1COO[Si](C)(C)C(C)(C)C. The summed E-state index contributed by atoms with van der Waals surface area (Å²) in [7, 11) is -2.12. The van der Waals surface area contributed by atoms with Crippen LogP contribution in [0.5, 0.6) is 0 Å². The van der Waals surface area contributed by atoms with Crippen LogP contribution >= 0.6 is 0 Å². The van der Waals surface area contributed by atoms with E-state index in [0.29, 0.717) is 13.2 Å². The number of aromatic amines is 1. The standard InChI is InChI=1S/C25H46N2O7Si/c1-8-10-12-16-30-21-19(18-32-34-35(6,7)25(3,4)5)33-23(22(21)31-17-13-11-9-2)27-15-14-20(28)26-24(27)29/h14-15,19,21-23H,8-13,16-18H2,1-7H3,(H,26,28,29)/t19-,21?,22?,23-/m0/s1. The van der Waals surface area contributed by atoms with E-state index in [9.17, 15) is 9.59 Å². The zero-order valence-corrected chi connectivity index (χ0v) is 23.6. The summed E-state index contributed by atoms with van der Waals surface area (Å²) in [6.07, 6.45) is 5.32. The molecule has 2 unspecified atom stereocenters. The molecule has 1 aliphatic rings. The van der Waals surface area contributed by atoms with Crippen molar-refractivity contribution in [1.82, 2.24) is 9.55 Å². The summed E-state index contributed by atoms with van der Waals surface area (Å²) in [5, 5.41) is -0.00370. The summed E-state index contributed by atoms with van der Waals surface area (Å²) in [5.74, 6) is 0. The van der Waals surface area contributed by atoms with Crippen molar-refractivity contribution in [1.29, 1.82) is 0 Å². The molecular formula is C25H46N2O7Si. The third-order valence-electron chi connectivity index (χ3n) is 6.83. The summed E-state index contributed by atoms with van der Waals surface area (Å²) >= 11 is 0. The van der Waals surface area contributed by atoms with Crippen LogP contribution in [0.2, 0.25) is 18.1 Å². The van der Waals surface area contributed by atoms with Crippen molar-refractivity contribution in [3.05, 3.63) is 33.1 Å². The minimum atomic E-state index is -2.12.